The molecule has 19 aromatic rings. The van der Waals surface area contributed by atoms with Gasteiger partial charge in [-0.2, -0.15) is 15.8 Å². The maximum Gasteiger partial charge on any atom is 0.164 e. The van der Waals surface area contributed by atoms with Crippen LogP contribution in [0.25, 0.3) is 190 Å². The molecule has 0 atom stereocenters. The van der Waals surface area contributed by atoms with E-state index in [1.807, 2.05) is 224 Å². The molecule has 0 spiro atoms. The largest absolute Gasteiger partial charge is 0.309 e. The first kappa shape index (κ1) is 66.9. The van der Waals surface area contributed by atoms with Crippen molar-refractivity contribution in [3.63, 3.8) is 0 Å². The van der Waals surface area contributed by atoms with Gasteiger partial charge < -0.3 is 9.13 Å². The Morgan fingerprint density at radius 3 is 1.05 bits per heavy atom. The van der Waals surface area contributed by atoms with Crippen molar-refractivity contribution in [2.24, 2.45) is 0 Å². The van der Waals surface area contributed by atoms with Crippen LogP contribution in [0.15, 0.2) is 346 Å². The molecule has 4 aromatic heterocycles. The van der Waals surface area contributed by atoms with Gasteiger partial charge in [0.1, 0.15) is 11.6 Å². The van der Waals surface area contributed by atoms with Gasteiger partial charge in [-0.15, -0.1) is 0 Å². The molecule has 0 aliphatic rings. The number of fused-ring (bicyclic) bond motifs is 6. The van der Waals surface area contributed by atoms with Gasteiger partial charge in [0.15, 0.2) is 34.9 Å². The molecule has 11 nitrogen and oxygen atoms in total. The monoisotopic (exact) mass is 1440 g/mol. The van der Waals surface area contributed by atoms with E-state index < -0.39 is 11.6 Å². The molecule has 522 valence electrons. The third-order valence-corrected chi connectivity index (χ3v) is 20.7. The smallest absolute Gasteiger partial charge is 0.164 e. The highest BCUT2D eigenvalue weighted by Crippen LogP contribution is 2.45. The zero-order valence-electron chi connectivity index (χ0n) is 59.6. The number of hydrogen-bond acceptors (Lipinski definition) is 9. The number of rotatable bonds is 14. The Hall–Kier alpha value is -15.8. The Morgan fingerprint density at radius 1 is 0.214 bits per heavy atom. The van der Waals surface area contributed by atoms with E-state index in [1.54, 1.807) is 30.3 Å². The zero-order chi connectivity index (χ0) is 75.3. The minimum Gasteiger partial charge on any atom is -0.309 e. The predicted molar refractivity (Wildman–Crippen MR) is 441 cm³/mol. The second kappa shape index (κ2) is 28.2. The number of nitriles is 3. The predicted octanol–water partition coefficient (Wildman–Crippen LogP) is 24.1. The molecule has 0 fully saturated rings. The lowest BCUT2D eigenvalue weighted by Gasteiger charge is -2.16. The average Bonchev–Trinajstić information content (AvgIpc) is 1.56. The Labute approximate surface area is 642 Å². The Kier molecular flexibility index (Phi) is 16.8. The van der Waals surface area contributed by atoms with E-state index in [0.717, 1.165) is 116 Å². The van der Waals surface area contributed by atoms with E-state index in [0.29, 0.717) is 90.6 Å². The van der Waals surface area contributed by atoms with Crippen LogP contribution < -0.4 is 0 Å². The molecule has 15 aromatic carbocycles. The van der Waals surface area contributed by atoms with Gasteiger partial charge in [0, 0.05) is 77.4 Å². The number of nitrogens with zero attached hydrogens (tertiary/aromatic N) is 11. The van der Waals surface area contributed by atoms with Crippen LogP contribution >= 0.6 is 0 Å². The molecule has 0 bridgehead atoms. The van der Waals surface area contributed by atoms with Crippen LogP contribution in [0.4, 0.5) is 8.78 Å². The van der Waals surface area contributed by atoms with Crippen molar-refractivity contribution < 1.29 is 8.78 Å². The zero-order valence-corrected chi connectivity index (χ0v) is 59.6. The summed E-state index contributed by atoms with van der Waals surface area (Å²) in [5.74, 6) is 1.70. The summed E-state index contributed by atoms with van der Waals surface area (Å²) in [6, 6.07) is 118. The molecular formula is C99H57F2N11. The fourth-order valence-corrected chi connectivity index (χ4v) is 15.3. The van der Waals surface area contributed by atoms with Crippen LogP contribution in [0.3, 0.4) is 0 Å². The highest BCUT2D eigenvalue weighted by molar-refractivity contribution is 6.13. The lowest BCUT2D eigenvalue weighted by Crippen LogP contribution is -2.03. The molecular weight excluding hydrogens is 1380 g/mol. The Morgan fingerprint density at radius 2 is 0.580 bits per heavy atom. The first-order valence-corrected chi connectivity index (χ1v) is 36.4. The molecule has 0 amide bonds. The highest BCUT2D eigenvalue weighted by Gasteiger charge is 2.25. The second-order valence-electron chi connectivity index (χ2n) is 27.3. The molecule has 0 unspecified atom stereocenters. The van der Waals surface area contributed by atoms with Crippen LogP contribution in [0.2, 0.25) is 0 Å². The lowest BCUT2D eigenvalue weighted by atomic mass is 9.94. The minimum atomic E-state index is -0.405. The Balaban J connectivity index is 0.785. The number of benzene rings is 15. The first-order valence-electron chi connectivity index (χ1n) is 36.4. The fourth-order valence-electron chi connectivity index (χ4n) is 15.3. The van der Waals surface area contributed by atoms with Crippen molar-refractivity contribution in [3.05, 3.63) is 374 Å². The Bertz CT molecular complexity index is 7000. The van der Waals surface area contributed by atoms with Crippen LogP contribution in [0.1, 0.15) is 16.7 Å². The second-order valence-corrected chi connectivity index (χ2v) is 27.3. The fraction of sp³-hybridized carbons (Fsp3) is 0. The number of aromatic nitrogens is 8. The molecule has 0 saturated carbocycles. The minimum absolute atomic E-state index is 0.345. The maximum atomic E-state index is 16.5. The molecule has 112 heavy (non-hydrogen) atoms. The quantitative estimate of drug-likeness (QED) is 0.103. The normalized spacial score (nSPS) is 11.3. The van der Waals surface area contributed by atoms with Gasteiger partial charge in [0.25, 0.3) is 0 Å². The molecule has 0 aliphatic carbocycles. The van der Waals surface area contributed by atoms with E-state index in [4.69, 9.17) is 29.9 Å². The highest BCUT2D eigenvalue weighted by atomic mass is 19.1. The summed E-state index contributed by atoms with van der Waals surface area (Å²) in [5, 5.41) is 35.1. The summed E-state index contributed by atoms with van der Waals surface area (Å²) in [5.41, 5.74) is 19.5. The first-order chi connectivity index (χ1) is 55.2. The van der Waals surface area contributed by atoms with Gasteiger partial charge in [0.2, 0.25) is 0 Å². The van der Waals surface area contributed by atoms with E-state index in [1.165, 1.54) is 12.1 Å². The summed E-state index contributed by atoms with van der Waals surface area (Å²) in [7, 11) is 0. The average molecular weight is 1440 g/mol. The summed E-state index contributed by atoms with van der Waals surface area (Å²) in [6.07, 6.45) is 0. The van der Waals surface area contributed by atoms with Crippen molar-refractivity contribution in [3.8, 4) is 165 Å². The van der Waals surface area contributed by atoms with E-state index in [-0.39, 0.29) is 0 Å². The van der Waals surface area contributed by atoms with E-state index >= 15 is 8.78 Å². The van der Waals surface area contributed by atoms with Crippen molar-refractivity contribution in [1.29, 1.82) is 15.8 Å². The third-order valence-electron chi connectivity index (χ3n) is 20.7. The summed E-state index contributed by atoms with van der Waals surface area (Å²) < 4.78 is 37.3. The van der Waals surface area contributed by atoms with E-state index in [2.05, 4.69) is 106 Å². The van der Waals surface area contributed by atoms with Gasteiger partial charge in [-0.3, -0.25) is 0 Å². The van der Waals surface area contributed by atoms with E-state index in [9.17, 15) is 15.8 Å². The molecule has 0 radical (unpaired) electrons. The number of halogens is 2. The standard InChI is InChI=1S/C99H57F2N11/c100-88-30-15-13-28-80(88)78-47-41-75(56-86(78)98-107-94(64-19-5-1-6-20-64)105-95(108-98)65-21-7-2-8-22-65)111-90-49-40-70(63-34-32-61(58-102)33-35-63)52-85(90)84-46-39-73(55-93(84)111)77-43-36-69(51-74(77)60-104)72-38-45-83-82-44-37-71(68-27-17-18-62(50-68)59-103)53-91(82)112(92(83)54-72)76-42-48-79(81-29-14-16-31-89(81)101)87(57-76)99-109-96(66-23-9-3-10-24-66)106-97(110-99)67-25-11-4-12-26-67/h1-57H. The maximum absolute atomic E-state index is 16.5. The molecule has 0 aliphatic heterocycles. The van der Waals surface area contributed by atoms with Gasteiger partial charge in [0.05, 0.1) is 57.0 Å². The molecule has 0 saturated heterocycles. The molecule has 4 heterocycles. The van der Waals surface area contributed by atoms with Gasteiger partial charge >= 0.3 is 0 Å². The summed E-state index contributed by atoms with van der Waals surface area (Å²) >= 11 is 0. The van der Waals surface area contributed by atoms with Gasteiger partial charge in [-0.05, 0) is 153 Å². The van der Waals surface area contributed by atoms with Crippen LogP contribution in [0, 0.1) is 45.6 Å². The van der Waals surface area contributed by atoms with Crippen LogP contribution in [-0.2, 0) is 0 Å². The topological polar surface area (TPSA) is 159 Å². The van der Waals surface area contributed by atoms with Crippen molar-refractivity contribution in [1.82, 2.24) is 39.0 Å². The molecule has 0 N–H and O–H groups in total. The molecule has 19 rings (SSSR count). The summed E-state index contributed by atoms with van der Waals surface area (Å²) in [4.78, 5) is 30.9. The van der Waals surface area contributed by atoms with Crippen LogP contribution in [0.5, 0.6) is 0 Å². The summed E-state index contributed by atoms with van der Waals surface area (Å²) in [6.45, 7) is 0. The molecule has 13 heteroatoms. The van der Waals surface area contributed by atoms with Gasteiger partial charge in [-0.25, -0.2) is 38.7 Å². The van der Waals surface area contributed by atoms with Crippen molar-refractivity contribution in [2.75, 3.05) is 0 Å². The third kappa shape index (κ3) is 12.2. The number of hydrogen-bond donors (Lipinski definition) is 0. The van der Waals surface area contributed by atoms with Crippen molar-refractivity contribution in [2.45, 2.75) is 0 Å². The van der Waals surface area contributed by atoms with Crippen molar-refractivity contribution >= 4 is 43.6 Å². The van der Waals surface area contributed by atoms with Gasteiger partial charge in [-0.1, -0.05) is 249 Å². The lowest BCUT2D eigenvalue weighted by molar-refractivity contribution is 0.631. The SMILES string of the molecule is N#Cc1ccc(-c2ccc3c(c2)c2ccc(-c4ccc(-c5ccc6c7ccc(-c8cccc(C#N)c8)cc7n(-c7ccc(-c8ccccc8F)c(-c8nc(-c9ccccc9)nc(-c9ccccc9)n8)c7)c6c5)cc4C#N)cc2n3-c2ccc(-c3ccccc3F)c(-c3nc(-c4ccccc4)nc(-c4ccccc4)n3)c2)cc1. The van der Waals surface area contributed by atoms with Crippen LogP contribution in [-0.4, -0.2) is 39.0 Å².